The van der Waals surface area contributed by atoms with Gasteiger partial charge in [0.25, 0.3) is 5.56 Å². The summed E-state index contributed by atoms with van der Waals surface area (Å²) < 4.78 is 14.4. The van der Waals surface area contributed by atoms with Crippen molar-refractivity contribution in [2.75, 3.05) is 0 Å². The van der Waals surface area contributed by atoms with E-state index < -0.39 is 11.2 Å². The fourth-order valence-corrected chi connectivity index (χ4v) is 3.45. The van der Waals surface area contributed by atoms with Gasteiger partial charge in [-0.15, -0.1) is 10.2 Å². The Bertz CT molecular complexity index is 1120. The number of nitrogens with zero attached hydrogens (tertiary/aromatic N) is 2. The zero-order valence-electron chi connectivity index (χ0n) is 13.7. The molecule has 26 heavy (non-hydrogen) atoms. The van der Waals surface area contributed by atoms with E-state index in [1.54, 1.807) is 25.1 Å². The first-order chi connectivity index (χ1) is 12.5. The number of H-pyrrole nitrogens is 2. The standard InChI is InChI=1S/C18H14ClFN4O2/c1-8-3-2-4-9(15(8)20)10-5-11(10)12-6-14(23-24-16(12)19)13-7-21-18(26)22-17(13)25/h2-4,6-7,10-11H,5H2,1H3,(H2,21,22,25,26)/t10-,11+/m1/s1. The summed E-state index contributed by atoms with van der Waals surface area (Å²) in [5.41, 5.74) is 1.31. The minimum absolute atomic E-state index is 0.00916. The summed E-state index contributed by atoms with van der Waals surface area (Å²) in [5, 5.41) is 8.10. The molecule has 0 saturated heterocycles. The second kappa shape index (κ2) is 6.17. The fraction of sp³-hybridized carbons (Fsp3) is 0.222. The normalized spacial score (nSPS) is 18.7. The van der Waals surface area contributed by atoms with Crippen molar-refractivity contribution < 1.29 is 4.39 Å². The average molecular weight is 373 g/mol. The highest BCUT2D eigenvalue weighted by atomic mass is 35.5. The quantitative estimate of drug-likeness (QED) is 0.739. The third-order valence-corrected chi connectivity index (χ3v) is 4.98. The van der Waals surface area contributed by atoms with Gasteiger partial charge in [0.15, 0.2) is 5.15 Å². The monoisotopic (exact) mass is 372 g/mol. The van der Waals surface area contributed by atoms with E-state index >= 15 is 0 Å². The van der Waals surface area contributed by atoms with Crippen molar-refractivity contribution >= 4 is 11.6 Å². The van der Waals surface area contributed by atoms with Crippen LogP contribution in [0, 0.1) is 12.7 Å². The third-order valence-electron chi connectivity index (χ3n) is 4.68. The minimum atomic E-state index is -0.599. The van der Waals surface area contributed by atoms with Crippen LogP contribution in [0.2, 0.25) is 5.15 Å². The van der Waals surface area contributed by atoms with Gasteiger partial charge in [0.2, 0.25) is 0 Å². The molecule has 8 heteroatoms. The lowest BCUT2D eigenvalue weighted by Crippen LogP contribution is -2.23. The molecule has 0 amide bonds. The molecule has 0 spiro atoms. The Balaban J connectivity index is 1.71. The highest BCUT2D eigenvalue weighted by Crippen LogP contribution is 2.56. The van der Waals surface area contributed by atoms with Crippen LogP contribution in [0.4, 0.5) is 4.39 Å². The Morgan fingerprint density at radius 1 is 1.19 bits per heavy atom. The molecule has 2 heterocycles. The molecule has 132 valence electrons. The van der Waals surface area contributed by atoms with E-state index in [9.17, 15) is 14.0 Å². The van der Waals surface area contributed by atoms with Crippen molar-refractivity contribution in [1.82, 2.24) is 20.2 Å². The van der Waals surface area contributed by atoms with E-state index in [0.29, 0.717) is 22.4 Å². The Morgan fingerprint density at radius 2 is 1.96 bits per heavy atom. The molecule has 6 nitrogen and oxygen atoms in total. The van der Waals surface area contributed by atoms with Crippen LogP contribution in [0.3, 0.4) is 0 Å². The van der Waals surface area contributed by atoms with E-state index in [-0.39, 0.29) is 28.4 Å². The number of aromatic amines is 2. The number of nitrogens with one attached hydrogen (secondary N) is 2. The summed E-state index contributed by atoms with van der Waals surface area (Å²) in [5.74, 6) is -0.177. The first kappa shape index (κ1) is 16.7. The summed E-state index contributed by atoms with van der Waals surface area (Å²) >= 11 is 6.20. The molecule has 0 aliphatic heterocycles. The van der Waals surface area contributed by atoms with Gasteiger partial charge in [0.1, 0.15) is 11.5 Å². The maximum Gasteiger partial charge on any atom is 0.325 e. The lowest BCUT2D eigenvalue weighted by atomic mass is 10.0. The van der Waals surface area contributed by atoms with Gasteiger partial charge in [0, 0.05) is 6.20 Å². The maximum atomic E-state index is 14.4. The van der Waals surface area contributed by atoms with Gasteiger partial charge in [-0.2, -0.15) is 0 Å². The van der Waals surface area contributed by atoms with Crippen LogP contribution in [-0.4, -0.2) is 20.2 Å². The number of hydrogen-bond acceptors (Lipinski definition) is 4. The van der Waals surface area contributed by atoms with Gasteiger partial charge in [0.05, 0.1) is 5.56 Å². The Kier molecular flexibility index (Phi) is 3.96. The molecule has 2 aromatic heterocycles. The molecule has 1 aromatic carbocycles. The zero-order valence-corrected chi connectivity index (χ0v) is 14.5. The number of aryl methyl sites for hydroxylation is 1. The largest absolute Gasteiger partial charge is 0.325 e. The molecule has 1 fully saturated rings. The number of hydrogen-bond donors (Lipinski definition) is 2. The zero-order chi connectivity index (χ0) is 18.4. The summed E-state index contributed by atoms with van der Waals surface area (Å²) in [4.78, 5) is 27.7. The summed E-state index contributed by atoms with van der Waals surface area (Å²) in [7, 11) is 0. The van der Waals surface area contributed by atoms with Gasteiger partial charge in [-0.05, 0) is 47.9 Å². The van der Waals surface area contributed by atoms with Crippen molar-refractivity contribution in [3.8, 4) is 11.3 Å². The second-order valence-electron chi connectivity index (χ2n) is 6.39. The van der Waals surface area contributed by atoms with E-state index in [1.807, 2.05) is 6.07 Å². The lowest BCUT2D eigenvalue weighted by Gasteiger charge is -2.07. The molecule has 0 unspecified atom stereocenters. The summed E-state index contributed by atoms with van der Waals surface area (Å²) in [6, 6.07) is 7.03. The van der Waals surface area contributed by atoms with Crippen LogP contribution in [0.25, 0.3) is 11.3 Å². The third kappa shape index (κ3) is 2.84. The van der Waals surface area contributed by atoms with Gasteiger partial charge < -0.3 is 4.98 Å². The number of aromatic nitrogens is 4. The van der Waals surface area contributed by atoms with E-state index in [4.69, 9.17) is 11.6 Å². The molecule has 2 atom stereocenters. The molecule has 1 aliphatic rings. The van der Waals surface area contributed by atoms with E-state index in [2.05, 4.69) is 20.2 Å². The van der Waals surface area contributed by atoms with E-state index in [1.165, 1.54) is 6.20 Å². The number of halogens is 2. The Morgan fingerprint density at radius 3 is 2.73 bits per heavy atom. The predicted molar refractivity (Wildman–Crippen MR) is 95.0 cm³/mol. The first-order valence-corrected chi connectivity index (χ1v) is 8.44. The number of rotatable bonds is 3. The molecule has 2 N–H and O–H groups in total. The molecule has 1 aliphatic carbocycles. The predicted octanol–water partition coefficient (Wildman–Crippen LogP) is 2.89. The van der Waals surface area contributed by atoms with Crippen molar-refractivity contribution in [2.24, 2.45) is 0 Å². The van der Waals surface area contributed by atoms with Gasteiger partial charge >= 0.3 is 5.69 Å². The minimum Gasteiger partial charge on any atom is -0.313 e. The summed E-state index contributed by atoms with van der Waals surface area (Å²) in [6.45, 7) is 1.73. The maximum absolute atomic E-state index is 14.4. The van der Waals surface area contributed by atoms with Crippen LogP contribution in [-0.2, 0) is 0 Å². The highest BCUT2D eigenvalue weighted by molar-refractivity contribution is 6.30. The van der Waals surface area contributed by atoms with Crippen LogP contribution < -0.4 is 11.2 Å². The Hall–Kier alpha value is -2.80. The molecule has 3 aromatic rings. The molecule has 4 rings (SSSR count). The van der Waals surface area contributed by atoms with Crippen molar-refractivity contribution in [3.05, 3.63) is 79.0 Å². The highest BCUT2D eigenvalue weighted by Gasteiger charge is 2.42. The topological polar surface area (TPSA) is 91.5 Å². The first-order valence-electron chi connectivity index (χ1n) is 8.06. The molecule has 1 saturated carbocycles. The molecular weight excluding hydrogens is 359 g/mol. The molecule has 0 radical (unpaired) electrons. The van der Waals surface area contributed by atoms with Crippen LogP contribution in [0.1, 0.15) is 34.9 Å². The van der Waals surface area contributed by atoms with E-state index in [0.717, 1.165) is 6.42 Å². The Labute approximate surface area is 152 Å². The van der Waals surface area contributed by atoms with Crippen LogP contribution >= 0.6 is 11.6 Å². The summed E-state index contributed by atoms with van der Waals surface area (Å²) in [6.07, 6.45) is 2.03. The fourth-order valence-electron chi connectivity index (χ4n) is 3.22. The van der Waals surface area contributed by atoms with Crippen molar-refractivity contribution in [2.45, 2.75) is 25.2 Å². The van der Waals surface area contributed by atoms with Gasteiger partial charge in [-0.25, -0.2) is 9.18 Å². The number of benzene rings is 1. The second-order valence-corrected chi connectivity index (χ2v) is 6.75. The van der Waals surface area contributed by atoms with Crippen molar-refractivity contribution in [1.29, 1.82) is 0 Å². The average Bonchev–Trinajstić information content (AvgIpc) is 3.38. The van der Waals surface area contributed by atoms with Gasteiger partial charge in [-0.3, -0.25) is 9.78 Å². The van der Waals surface area contributed by atoms with Crippen molar-refractivity contribution in [3.63, 3.8) is 0 Å². The molecule has 0 bridgehead atoms. The SMILES string of the molecule is Cc1cccc([C@H]2C[C@@H]2c2cc(-c3c[nH]c(=O)[nH]c3=O)nnc2Cl)c1F. The lowest BCUT2D eigenvalue weighted by molar-refractivity contribution is 0.600. The van der Waals surface area contributed by atoms with Gasteiger partial charge in [-0.1, -0.05) is 29.8 Å². The smallest absolute Gasteiger partial charge is 0.313 e. The molecular formula is C18H14ClFN4O2. The van der Waals surface area contributed by atoms with Crippen LogP contribution in [0.15, 0.2) is 40.1 Å². The van der Waals surface area contributed by atoms with Crippen LogP contribution in [0.5, 0.6) is 0 Å².